The number of allylic oxidation sites excluding steroid dienone is 3. The number of benzene rings is 1. The maximum absolute atomic E-state index is 9.35. The Morgan fingerprint density at radius 2 is 2.00 bits per heavy atom. The van der Waals surface area contributed by atoms with Crippen molar-refractivity contribution < 1.29 is 4.74 Å². The third-order valence-corrected chi connectivity index (χ3v) is 3.84. The molecule has 0 amide bonds. The zero-order valence-electron chi connectivity index (χ0n) is 12.4. The molecule has 3 nitrogen and oxygen atoms in total. The number of aromatic nitrogens is 1. The number of rotatable bonds is 3. The summed E-state index contributed by atoms with van der Waals surface area (Å²) in [6, 6.07) is 15.8. The molecule has 0 N–H and O–H groups in total. The number of hydrogen-bond acceptors (Lipinski definition) is 3. The quantitative estimate of drug-likeness (QED) is 0.800. The van der Waals surface area contributed by atoms with Crippen molar-refractivity contribution in [1.82, 2.24) is 4.98 Å². The number of methoxy groups -OCH3 is 1. The van der Waals surface area contributed by atoms with Crippen LogP contribution < -0.4 is 0 Å². The monoisotopic (exact) mass is 288 g/mol. The van der Waals surface area contributed by atoms with E-state index in [0.29, 0.717) is 5.56 Å². The van der Waals surface area contributed by atoms with Crippen LogP contribution in [0.3, 0.4) is 0 Å². The highest BCUT2D eigenvalue weighted by atomic mass is 16.5. The predicted molar refractivity (Wildman–Crippen MR) is 85.8 cm³/mol. The Labute approximate surface area is 130 Å². The lowest BCUT2D eigenvalue weighted by molar-refractivity contribution is 0.274. The molecule has 0 spiro atoms. The molecule has 1 aromatic carbocycles. The van der Waals surface area contributed by atoms with E-state index in [0.717, 1.165) is 29.0 Å². The van der Waals surface area contributed by atoms with Crippen molar-refractivity contribution in [3.63, 3.8) is 0 Å². The highest BCUT2D eigenvalue weighted by molar-refractivity contribution is 5.70. The minimum absolute atomic E-state index is 0.0494. The van der Waals surface area contributed by atoms with Crippen molar-refractivity contribution in [2.45, 2.75) is 12.3 Å². The Bertz CT molecular complexity index is 770. The number of nitrogens with zero attached hydrogens (tertiary/aromatic N) is 2. The first-order chi connectivity index (χ1) is 10.8. The SMILES string of the molecule is COC1=C(c2ccccn2)CC=CC1c1ccccc1C#N. The van der Waals surface area contributed by atoms with Crippen molar-refractivity contribution >= 4 is 5.57 Å². The van der Waals surface area contributed by atoms with Crippen LogP contribution in [0.4, 0.5) is 0 Å². The fourth-order valence-corrected chi connectivity index (χ4v) is 2.83. The van der Waals surface area contributed by atoms with Gasteiger partial charge in [-0.05, 0) is 30.2 Å². The van der Waals surface area contributed by atoms with Crippen LogP contribution in [0.15, 0.2) is 66.6 Å². The van der Waals surface area contributed by atoms with Gasteiger partial charge in [0, 0.05) is 11.8 Å². The summed E-state index contributed by atoms with van der Waals surface area (Å²) in [6.07, 6.45) is 6.78. The molecule has 1 aromatic heterocycles. The molecule has 0 saturated heterocycles. The summed E-state index contributed by atoms with van der Waals surface area (Å²) >= 11 is 0. The van der Waals surface area contributed by atoms with Crippen molar-refractivity contribution in [1.29, 1.82) is 5.26 Å². The number of ether oxygens (including phenoxy) is 1. The molecule has 0 bridgehead atoms. The van der Waals surface area contributed by atoms with E-state index in [9.17, 15) is 5.26 Å². The summed E-state index contributed by atoms with van der Waals surface area (Å²) in [7, 11) is 1.68. The Kier molecular flexibility index (Phi) is 4.02. The molecule has 0 saturated carbocycles. The summed E-state index contributed by atoms with van der Waals surface area (Å²) in [5.41, 5.74) is 3.63. The van der Waals surface area contributed by atoms with Crippen LogP contribution in [0.25, 0.3) is 5.57 Å². The summed E-state index contributed by atoms with van der Waals surface area (Å²) in [6.45, 7) is 0. The first kappa shape index (κ1) is 14.1. The van der Waals surface area contributed by atoms with Gasteiger partial charge in [-0.25, -0.2) is 0 Å². The van der Waals surface area contributed by atoms with Crippen LogP contribution in [0.2, 0.25) is 0 Å². The molecule has 3 rings (SSSR count). The van der Waals surface area contributed by atoms with Gasteiger partial charge in [-0.1, -0.05) is 36.4 Å². The van der Waals surface area contributed by atoms with Crippen molar-refractivity contribution in [2.75, 3.05) is 7.11 Å². The number of hydrogen-bond donors (Lipinski definition) is 0. The van der Waals surface area contributed by atoms with Gasteiger partial charge >= 0.3 is 0 Å². The van der Waals surface area contributed by atoms with Crippen LogP contribution in [-0.4, -0.2) is 12.1 Å². The van der Waals surface area contributed by atoms with E-state index in [1.807, 2.05) is 42.5 Å². The second kappa shape index (κ2) is 6.28. The Balaban J connectivity index is 2.12. The second-order valence-corrected chi connectivity index (χ2v) is 5.07. The summed E-state index contributed by atoms with van der Waals surface area (Å²) < 4.78 is 5.70. The summed E-state index contributed by atoms with van der Waals surface area (Å²) in [5, 5.41) is 9.35. The first-order valence-electron chi connectivity index (χ1n) is 7.19. The molecule has 3 heteroatoms. The molecule has 0 radical (unpaired) electrons. The predicted octanol–water partition coefficient (Wildman–Crippen LogP) is 4.05. The van der Waals surface area contributed by atoms with Gasteiger partial charge in [-0.3, -0.25) is 4.98 Å². The fraction of sp³-hybridized carbons (Fsp3) is 0.158. The third kappa shape index (κ3) is 2.51. The van der Waals surface area contributed by atoms with E-state index in [1.165, 1.54) is 0 Å². The van der Waals surface area contributed by atoms with Gasteiger partial charge in [0.25, 0.3) is 0 Å². The van der Waals surface area contributed by atoms with E-state index in [1.54, 1.807) is 13.3 Å². The van der Waals surface area contributed by atoms with Crippen LogP contribution in [0.5, 0.6) is 0 Å². The van der Waals surface area contributed by atoms with Gasteiger partial charge in [0.05, 0.1) is 30.4 Å². The van der Waals surface area contributed by atoms with Crippen molar-refractivity contribution in [3.05, 3.63) is 83.4 Å². The zero-order chi connectivity index (χ0) is 15.4. The maximum atomic E-state index is 9.35. The van der Waals surface area contributed by atoms with Crippen LogP contribution in [-0.2, 0) is 4.74 Å². The molecule has 0 fully saturated rings. The van der Waals surface area contributed by atoms with Gasteiger partial charge in [0.2, 0.25) is 0 Å². The fourth-order valence-electron chi connectivity index (χ4n) is 2.83. The van der Waals surface area contributed by atoms with Crippen LogP contribution in [0, 0.1) is 11.3 Å². The van der Waals surface area contributed by atoms with Gasteiger partial charge in [0.15, 0.2) is 0 Å². The average Bonchev–Trinajstić information content (AvgIpc) is 2.61. The van der Waals surface area contributed by atoms with E-state index in [4.69, 9.17) is 4.74 Å². The Hall–Kier alpha value is -2.86. The van der Waals surface area contributed by atoms with Gasteiger partial charge in [-0.15, -0.1) is 0 Å². The van der Waals surface area contributed by atoms with Gasteiger partial charge in [0.1, 0.15) is 5.76 Å². The molecular weight excluding hydrogens is 272 g/mol. The highest BCUT2D eigenvalue weighted by Crippen LogP contribution is 2.38. The molecule has 1 heterocycles. The average molecular weight is 288 g/mol. The number of pyridine rings is 1. The first-order valence-corrected chi connectivity index (χ1v) is 7.19. The summed E-state index contributed by atoms with van der Waals surface area (Å²) in [4.78, 5) is 4.43. The zero-order valence-corrected chi connectivity index (χ0v) is 12.4. The van der Waals surface area contributed by atoms with Crippen molar-refractivity contribution in [3.8, 4) is 6.07 Å². The Morgan fingerprint density at radius 1 is 1.18 bits per heavy atom. The highest BCUT2D eigenvalue weighted by Gasteiger charge is 2.25. The molecule has 1 aliphatic rings. The minimum atomic E-state index is -0.0494. The van der Waals surface area contributed by atoms with E-state index in [2.05, 4.69) is 23.2 Å². The lowest BCUT2D eigenvalue weighted by Crippen LogP contribution is -2.10. The van der Waals surface area contributed by atoms with E-state index >= 15 is 0 Å². The standard InChI is InChI=1S/C19H16N2O/c1-22-19-16(15-8-3-2-7-14(15)13-20)9-6-10-17(19)18-11-4-5-12-21-18/h2-9,11-12,16H,10H2,1H3. The topological polar surface area (TPSA) is 45.9 Å². The van der Waals surface area contributed by atoms with E-state index < -0.39 is 0 Å². The summed E-state index contributed by atoms with van der Waals surface area (Å²) in [5.74, 6) is 0.815. The third-order valence-electron chi connectivity index (χ3n) is 3.84. The largest absolute Gasteiger partial charge is 0.500 e. The van der Waals surface area contributed by atoms with Gasteiger partial charge < -0.3 is 4.74 Å². The Morgan fingerprint density at radius 3 is 2.73 bits per heavy atom. The molecule has 22 heavy (non-hydrogen) atoms. The minimum Gasteiger partial charge on any atom is -0.500 e. The lowest BCUT2D eigenvalue weighted by atomic mass is 9.85. The maximum Gasteiger partial charge on any atom is 0.112 e. The van der Waals surface area contributed by atoms with E-state index in [-0.39, 0.29) is 5.92 Å². The van der Waals surface area contributed by atoms with Crippen LogP contribution >= 0.6 is 0 Å². The smallest absolute Gasteiger partial charge is 0.112 e. The molecular formula is C19H16N2O. The molecule has 2 aromatic rings. The molecule has 108 valence electrons. The normalized spacial score (nSPS) is 17.2. The lowest BCUT2D eigenvalue weighted by Gasteiger charge is -2.24. The number of nitriles is 1. The second-order valence-electron chi connectivity index (χ2n) is 5.07. The molecule has 0 aliphatic heterocycles. The molecule has 1 atom stereocenters. The van der Waals surface area contributed by atoms with Gasteiger partial charge in [-0.2, -0.15) is 5.26 Å². The van der Waals surface area contributed by atoms with Crippen molar-refractivity contribution in [2.24, 2.45) is 0 Å². The molecule has 1 aliphatic carbocycles. The molecule has 1 unspecified atom stereocenters. The van der Waals surface area contributed by atoms with Crippen LogP contribution in [0.1, 0.15) is 29.2 Å².